The van der Waals surface area contributed by atoms with E-state index in [1.54, 1.807) is 12.3 Å². The van der Waals surface area contributed by atoms with Gasteiger partial charge in [0, 0.05) is 26.0 Å². The minimum absolute atomic E-state index is 0. The van der Waals surface area contributed by atoms with Crippen LogP contribution in [-0.2, 0) is 11.8 Å². The van der Waals surface area contributed by atoms with Gasteiger partial charge in [0.2, 0.25) is 0 Å². The van der Waals surface area contributed by atoms with Crippen LogP contribution < -0.4 is 5.32 Å². The van der Waals surface area contributed by atoms with Gasteiger partial charge in [-0.3, -0.25) is 0 Å². The molecule has 4 aliphatic rings. The maximum atomic E-state index is 13.8. The van der Waals surface area contributed by atoms with Crippen molar-refractivity contribution in [3.63, 3.8) is 0 Å². The maximum absolute atomic E-state index is 13.8. The standard InChI is InChI=1S/C24H32FN3O2.ClH/c1-28-6-5-26-23(28)22(19-3-2-4-20(25)10-19)27-14-21(29)15-30-24-11-16-7-17(12-24)9-18(8-16)13-24;/h2-6,10,16-18,21-22,27,29H,7-9,11-15H2,1H3;1H. The summed E-state index contributed by atoms with van der Waals surface area (Å²) < 4.78 is 22.1. The number of rotatable bonds is 8. The molecule has 2 aromatic rings. The molecule has 2 atom stereocenters. The van der Waals surface area contributed by atoms with Crippen molar-refractivity contribution in [3.8, 4) is 0 Å². The topological polar surface area (TPSA) is 59.3 Å². The molecular formula is C24H33ClFN3O2. The van der Waals surface area contributed by atoms with Crippen molar-refractivity contribution in [1.82, 2.24) is 14.9 Å². The molecule has 6 rings (SSSR count). The first kappa shape index (κ1) is 22.7. The Kier molecular flexibility index (Phi) is 6.73. The van der Waals surface area contributed by atoms with Gasteiger partial charge in [0.05, 0.1) is 24.4 Å². The van der Waals surface area contributed by atoms with E-state index in [0.717, 1.165) is 29.1 Å². The third-order valence-corrected chi connectivity index (χ3v) is 7.42. The summed E-state index contributed by atoms with van der Waals surface area (Å²) in [6.45, 7) is 0.704. The molecule has 0 aliphatic heterocycles. The zero-order valence-corrected chi connectivity index (χ0v) is 18.9. The number of hydrogen-bond donors (Lipinski definition) is 2. The van der Waals surface area contributed by atoms with Crippen LogP contribution in [0.1, 0.15) is 56.0 Å². The van der Waals surface area contributed by atoms with E-state index in [9.17, 15) is 9.50 Å². The van der Waals surface area contributed by atoms with Crippen molar-refractivity contribution in [1.29, 1.82) is 0 Å². The second kappa shape index (κ2) is 9.18. The van der Waals surface area contributed by atoms with Crippen molar-refractivity contribution in [2.24, 2.45) is 24.8 Å². The largest absolute Gasteiger partial charge is 0.389 e. The summed E-state index contributed by atoms with van der Waals surface area (Å²) in [6.07, 6.45) is 10.6. The molecule has 1 aromatic heterocycles. The molecule has 0 saturated heterocycles. The summed E-state index contributed by atoms with van der Waals surface area (Å²) in [4.78, 5) is 4.44. The van der Waals surface area contributed by atoms with Crippen LogP contribution in [0.2, 0.25) is 0 Å². The minimum atomic E-state index is -0.616. The Hall–Kier alpha value is -1.47. The van der Waals surface area contributed by atoms with E-state index in [4.69, 9.17) is 4.74 Å². The highest BCUT2D eigenvalue weighted by Crippen LogP contribution is 2.57. The highest BCUT2D eigenvalue weighted by atomic mass is 35.5. The molecule has 1 heterocycles. The Morgan fingerprint density at radius 3 is 2.48 bits per heavy atom. The first-order valence-corrected chi connectivity index (χ1v) is 11.3. The van der Waals surface area contributed by atoms with Gasteiger partial charge in [-0.1, -0.05) is 12.1 Å². The van der Waals surface area contributed by atoms with Gasteiger partial charge in [0.25, 0.3) is 0 Å². The van der Waals surface area contributed by atoms with Crippen LogP contribution in [0, 0.1) is 23.6 Å². The molecule has 0 radical (unpaired) electrons. The molecular weight excluding hydrogens is 417 g/mol. The van der Waals surface area contributed by atoms with Crippen LogP contribution in [-0.4, -0.2) is 39.5 Å². The van der Waals surface area contributed by atoms with E-state index < -0.39 is 6.10 Å². The second-order valence-corrected chi connectivity index (χ2v) is 9.86. The summed E-state index contributed by atoms with van der Waals surface area (Å²) >= 11 is 0. The molecule has 0 spiro atoms. The highest BCUT2D eigenvalue weighted by Gasteiger charge is 2.51. The minimum Gasteiger partial charge on any atom is -0.389 e. The van der Waals surface area contributed by atoms with E-state index in [-0.39, 0.29) is 29.9 Å². The van der Waals surface area contributed by atoms with Crippen molar-refractivity contribution < 1.29 is 14.2 Å². The van der Waals surface area contributed by atoms with Gasteiger partial charge in [-0.15, -0.1) is 12.4 Å². The Morgan fingerprint density at radius 2 is 1.90 bits per heavy atom. The second-order valence-electron chi connectivity index (χ2n) is 9.86. The molecule has 4 bridgehead atoms. The number of nitrogens with zero attached hydrogens (tertiary/aromatic N) is 2. The van der Waals surface area contributed by atoms with Gasteiger partial charge in [-0.2, -0.15) is 0 Å². The maximum Gasteiger partial charge on any atom is 0.130 e. The number of aliphatic hydroxyl groups is 1. The first-order chi connectivity index (χ1) is 14.5. The van der Waals surface area contributed by atoms with Crippen LogP contribution in [0.15, 0.2) is 36.7 Å². The smallest absolute Gasteiger partial charge is 0.130 e. The van der Waals surface area contributed by atoms with Crippen molar-refractivity contribution in [2.45, 2.75) is 56.3 Å². The summed E-state index contributed by atoms with van der Waals surface area (Å²) in [5.74, 6) is 2.99. The highest BCUT2D eigenvalue weighted by molar-refractivity contribution is 5.85. The van der Waals surface area contributed by atoms with Gasteiger partial charge in [0.1, 0.15) is 11.6 Å². The number of ether oxygens (including phenoxy) is 1. The lowest BCUT2D eigenvalue weighted by Gasteiger charge is -2.56. The number of benzene rings is 1. The number of aryl methyl sites for hydroxylation is 1. The molecule has 1 aromatic carbocycles. The zero-order valence-electron chi connectivity index (χ0n) is 18.0. The number of hydrogen-bond acceptors (Lipinski definition) is 4. The predicted molar refractivity (Wildman–Crippen MR) is 120 cm³/mol. The molecule has 7 heteroatoms. The zero-order chi connectivity index (χ0) is 20.7. The van der Waals surface area contributed by atoms with Gasteiger partial charge in [-0.25, -0.2) is 9.37 Å². The van der Waals surface area contributed by atoms with Crippen molar-refractivity contribution >= 4 is 12.4 Å². The Bertz CT molecular complexity index is 854. The lowest BCUT2D eigenvalue weighted by atomic mass is 9.54. The van der Waals surface area contributed by atoms with Gasteiger partial charge in [-0.05, 0) is 74.0 Å². The van der Waals surface area contributed by atoms with Crippen molar-refractivity contribution in [2.75, 3.05) is 13.2 Å². The summed E-state index contributed by atoms with van der Waals surface area (Å²) in [5, 5.41) is 14.1. The Labute approximate surface area is 189 Å². The fourth-order valence-electron chi connectivity index (χ4n) is 6.49. The molecule has 4 aliphatic carbocycles. The molecule has 0 amide bonds. The summed E-state index contributed by atoms with van der Waals surface area (Å²) in [7, 11) is 1.92. The number of halogens is 2. The number of nitrogens with one attached hydrogen (secondary N) is 1. The quantitative estimate of drug-likeness (QED) is 0.639. The van der Waals surface area contributed by atoms with E-state index in [1.165, 1.54) is 50.7 Å². The third-order valence-electron chi connectivity index (χ3n) is 7.42. The first-order valence-electron chi connectivity index (χ1n) is 11.3. The Morgan fingerprint density at radius 1 is 1.23 bits per heavy atom. The van der Waals surface area contributed by atoms with Crippen LogP contribution in [0.4, 0.5) is 4.39 Å². The normalized spacial score (nSPS) is 30.7. The van der Waals surface area contributed by atoms with Crippen LogP contribution in [0.25, 0.3) is 0 Å². The van der Waals surface area contributed by atoms with Crippen LogP contribution >= 0.6 is 12.4 Å². The molecule has 31 heavy (non-hydrogen) atoms. The summed E-state index contributed by atoms with van der Waals surface area (Å²) in [6, 6.07) is 6.25. The predicted octanol–water partition coefficient (Wildman–Crippen LogP) is 4.01. The van der Waals surface area contributed by atoms with Gasteiger partial charge < -0.3 is 19.7 Å². The fourth-order valence-corrected chi connectivity index (χ4v) is 6.49. The lowest BCUT2D eigenvalue weighted by molar-refractivity contribution is -0.174. The molecule has 4 fully saturated rings. The third kappa shape index (κ3) is 4.82. The van der Waals surface area contributed by atoms with E-state index in [2.05, 4.69) is 10.3 Å². The molecule has 5 nitrogen and oxygen atoms in total. The Balaban J connectivity index is 0.00000231. The van der Waals surface area contributed by atoms with Crippen molar-refractivity contribution in [3.05, 3.63) is 53.9 Å². The average Bonchev–Trinajstić information content (AvgIpc) is 3.11. The van der Waals surface area contributed by atoms with Crippen LogP contribution in [0.5, 0.6) is 0 Å². The molecule has 4 saturated carbocycles. The van der Waals surface area contributed by atoms with Crippen LogP contribution in [0.3, 0.4) is 0 Å². The number of imidazole rings is 1. The number of aliphatic hydroxyl groups excluding tert-OH is 1. The molecule has 2 unspecified atom stereocenters. The van der Waals surface area contributed by atoms with Gasteiger partial charge in [0.15, 0.2) is 0 Å². The van der Waals surface area contributed by atoms with E-state index >= 15 is 0 Å². The number of aromatic nitrogens is 2. The summed E-state index contributed by atoms with van der Waals surface area (Å²) in [5.41, 5.74) is 0.788. The fraction of sp³-hybridized carbons (Fsp3) is 0.625. The molecule has 170 valence electrons. The average molecular weight is 450 g/mol. The SMILES string of the molecule is Cl.Cn1ccnc1C(NCC(O)COC12CC3CC(CC(C3)C1)C2)c1cccc(F)c1. The monoisotopic (exact) mass is 449 g/mol. The molecule has 2 N–H and O–H groups in total. The lowest BCUT2D eigenvalue weighted by Crippen LogP contribution is -2.53. The van der Waals surface area contributed by atoms with E-state index in [1.807, 2.05) is 23.9 Å². The van der Waals surface area contributed by atoms with E-state index in [0.29, 0.717) is 13.2 Å². The van der Waals surface area contributed by atoms with Gasteiger partial charge >= 0.3 is 0 Å².